The monoisotopic (exact) mass is 394 g/mol. The first-order valence-electron chi connectivity index (χ1n) is 8.40. The third-order valence-corrected chi connectivity index (χ3v) is 4.01. The Hall–Kier alpha value is -4.21. The maximum atomic E-state index is 12.2. The van der Waals surface area contributed by atoms with Gasteiger partial charge in [0, 0.05) is 18.4 Å². The standard InChI is InChI=1S/C19H14N4O6/c24-15-7-8-16(25)23(15)18(27)17(26)12-3-1-11(2-4-12)9-21-22-13-5-6-14(19(28)29)20-10-13/h1-6,9-10,22H,7-8H2,(H,28,29)/b21-9+. The molecule has 29 heavy (non-hydrogen) atoms. The maximum Gasteiger partial charge on any atom is 0.354 e. The van der Waals surface area contributed by atoms with Crippen molar-refractivity contribution in [2.75, 3.05) is 5.43 Å². The van der Waals surface area contributed by atoms with Gasteiger partial charge < -0.3 is 5.11 Å². The predicted molar refractivity (Wildman–Crippen MR) is 99.3 cm³/mol. The summed E-state index contributed by atoms with van der Waals surface area (Å²) in [5.41, 5.74) is 3.70. The minimum absolute atomic E-state index is 0.0427. The number of carbonyl (C=O) groups is 5. The van der Waals surface area contributed by atoms with Crippen LogP contribution in [0.3, 0.4) is 0 Å². The number of carboxylic acids is 1. The zero-order valence-electron chi connectivity index (χ0n) is 14.9. The highest BCUT2D eigenvalue weighted by molar-refractivity contribution is 6.47. The number of hydrazone groups is 1. The Morgan fingerprint density at radius 1 is 1.03 bits per heavy atom. The van der Waals surface area contributed by atoms with Crippen LogP contribution in [0.1, 0.15) is 39.3 Å². The first-order chi connectivity index (χ1) is 13.9. The highest BCUT2D eigenvalue weighted by atomic mass is 16.4. The molecule has 3 rings (SSSR count). The molecule has 2 N–H and O–H groups in total. The van der Waals surface area contributed by atoms with Crippen LogP contribution in [0.5, 0.6) is 0 Å². The summed E-state index contributed by atoms with van der Waals surface area (Å²) in [7, 11) is 0. The molecule has 0 atom stereocenters. The summed E-state index contributed by atoms with van der Waals surface area (Å²) in [4.78, 5) is 62.3. The normalized spacial score (nSPS) is 13.7. The topological polar surface area (TPSA) is 146 Å². The highest BCUT2D eigenvalue weighted by Gasteiger charge is 2.37. The van der Waals surface area contributed by atoms with E-state index >= 15 is 0 Å². The van der Waals surface area contributed by atoms with Gasteiger partial charge in [-0.25, -0.2) is 14.7 Å². The van der Waals surface area contributed by atoms with Gasteiger partial charge in [0.1, 0.15) is 5.69 Å². The fourth-order valence-corrected chi connectivity index (χ4v) is 2.52. The number of carboxylic acid groups (broad SMARTS) is 1. The second-order valence-corrected chi connectivity index (χ2v) is 5.99. The van der Waals surface area contributed by atoms with Gasteiger partial charge in [0.15, 0.2) is 0 Å². The molecule has 1 aliphatic rings. The Morgan fingerprint density at radius 3 is 2.24 bits per heavy atom. The van der Waals surface area contributed by atoms with Crippen LogP contribution in [0.4, 0.5) is 5.69 Å². The number of aromatic carboxylic acids is 1. The second kappa shape index (κ2) is 8.21. The average Bonchev–Trinajstić information content (AvgIpc) is 3.06. The van der Waals surface area contributed by atoms with E-state index < -0.39 is 29.5 Å². The molecule has 2 aromatic rings. The molecule has 1 aliphatic heterocycles. The predicted octanol–water partition coefficient (Wildman–Crippen LogP) is 1.08. The number of hydrogen-bond donors (Lipinski definition) is 2. The van der Waals surface area contributed by atoms with Crippen molar-refractivity contribution in [1.29, 1.82) is 0 Å². The minimum atomic E-state index is -1.15. The number of Topliss-reactive ketones (excluding diaryl/α,β-unsaturated/α-hetero) is 1. The lowest BCUT2D eigenvalue weighted by Crippen LogP contribution is -2.40. The molecule has 0 saturated carbocycles. The quantitative estimate of drug-likeness (QED) is 0.243. The number of imide groups is 3. The Morgan fingerprint density at radius 2 is 1.69 bits per heavy atom. The molecule has 0 spiro atoms. The zero-order chi connectivity index (χ0) is 21.0. The molecule has 1 aromatic heterocycles. The maximum absolute atomic E-state index is 12.2. The van der Waals surface area contributed by atoms with E-state index in [0.717, 1.165) is 0 Å². The van der Waals surface area contributed by atoms with E-state index in [0.29, 0.717) is 16.2 Å². The third-order valence-electron chi connectivity index (χ3n) is 4.01. The molecule has 0 bridgehead atoms. The molecule has 0 radical (unpaired) electrons. The van der Waals surface area contributed by atoms with Crippen molar-refractivity contribution in [2.45, 2.75) is 12.8 Å². The van der Waals surface area contributed by atoms with Crippen LogP contribution >= 0.6 is 0 Å². The molecule has 0 unspecified atom stereocenters. The number of likely N-dealkylation sites (tertiary alicyclic amines) is 1. The van der Waals surface area contributed by atoms with Crippen LogP contribution < -0.4 is 5.43 Å². The molecule has 3 amide bonds. The fourth-order valence-electron chi connectivity index (χ4n) is 2.52. The zero-order valence-corrected chi connectivity index (χ0v) is 14.9. The first-order valence-corrected chi connectivity index (χ1v) is 8.40. The van der Waals surface area contributed by atoms with Crippen molar-refractivity contribution >= 4 is 41.4 Å². The number of nitrogens with zero attached hydrogens (tertiary/aromatic N) is 3. The fraction of sp³-hybridized carbons (Fsp3) is 0.105. The Balaban J connectivity index is 1.62. The first kappa shape index (κ1) is 19.5. The molecule has 1 aromatic carbocycles. The molecule has 10 nitrogen and oxygen atoms in total. The highest BCUT2D eigenvalue weighted by Crippen LogP contribution is 2.14. The van der Waals surface area contributed by atoms with Crippen LogP contribution in [-0.2, 0) is 14.4 Å². The van der Waals surface area contributed by atoms with E-state index in [9.17, 15) is 24.0 Å². The van der Waals surface area contributed by atoms with Gasteiger partial charge in [0.25, 0.3) is 5.78 Å². The molecule has 1 saturated heterocycles. The van der Waals surface area contributed by atoms with Crippen molar-refractivity contribution in [2.24, 2.45) is 5.10 Å². The molecule has 146 valence electrons. The van der Waals surface area contributed by atoms with E-state index in [1.807, 2.05) is 0 Å². The average molecular weight is 394 g/mol. The summed E-state index contributed by atoms with van der Waals surface area (Å²) in [6.07, 6.45) is 2.60. The number of ketones is 1. The molecule has 10 heteroatoms. The number of carbonyl (C=O) groups excluding carboxylic acids is 4. The van der Waals surface area contributed by atoms with Crippen LogP contribution in [-0.4, -0.2) is 50.7 Å². The Labute approximate surface area is 163 Å². The molecular formula is C19H14N4O6. The molecule has 0 aliphatic carbocycles. The van der Waals surface area contributed by atoms with Gasteiger partial charge in [0.2, 0.25) is 11.8 Å². The summed E-state index contributed by atoms with van der Waals surface area (Å²) in [5, 5.41) is 12.8. The summed E-state index contributed by atoms with van der Waals surface area (Å²) >= 11 is 0. The summed E-state index contributed by atoms with van der Waals surface area (Å²) < 4.78 is 0. The van der Waals surface area contributed by atoms with Gasteiger partial charge in [0.05, 0.1) is 18.1 Å². The number of rotatable bonds is 6. The van der Waals surface area contributed by atoms with Crippen LogP contribution in [0, 0.1) is 0 Å². The van der Waals surface area contributed by atoms with E-state index in [-0.39, 0.29) is 24.1 Å². The number of pyridine rings is 1. The van der Waals surface area contributed by atoms with Crippen molar-refractivity contribution < 1.29 is 29.1 Å². The third kappa shape index (κ3) is 4.38. The van der Waals surface area contributed by atoms with E-state index in [1.54, 1.807) is 0 Å². The second-order valence-electron chi connectivity index (χ2n) is 5.99. The number of aromatic nitrogens is 1. The van der Waals surface area contributed by atoms with Gasteiger partial charge in [-0.15, -0.1) is 0 Å². The van der Waals surface area contributed by atoms with Crippen LogP contribution in [0.15, 0.2) is 47.7 Å². The van der Waals surface area contributed by atoms with E-state index in [4.69, 9.17) is 5.11 Å². The lowest BCUT2D eigenvalue weighted by molar-refractivity contribution is -0.147. The van der Waals surface area contributed by atoms with E-state index in [1.165, 1.54) is 48.8 Å². The van der Waals surface area contributed by atoms with E-state index in [2.05, 4.69) is 15.5 Å². The van der Waals surface area contributed by atoms with Crippen LogP contribution in [0.2, 0.25) is 0 Å². The molecule has 1 fully saturated rings. The number of anilines is 1. The van der Waals surface area contributed by atoms with Crippen molar-refractivity contribution in [3.05, 3.63) is 59.4 Å². The lowest BCUT2D eigenvalue weighted by atomic mass is 10.1. The number of hydrogen-bond acceptors (Lipinski definition) is 8. The SMILES string of the molecule is O=C(C(=O)N1C(=O)CCC1=O)c1ccc(/C=N/Nc2ccc(C(=O)O)nc2)cc1. The molecular weight excluding hydrogens is 380 g/mol. The van der Waals surface area contributed by atoms with Gasteiger partial charge in [-0.2, -0.15) is 5.10 Å². The number of benzene rings is 1. The lowest BCUT2D eigenvalue weighted by Gasteiger charge is -2.10. The van der Waals surface area contributed by atoms with Crippen molar-refractivity contribution in [3.8, 4) is 0 Å². The van der Waals surface area contributed by atoms with Gasteiger partial charge in [-0.1, -0.05) is 24.3 Å². The van der Waals surface area contributed by atoms with Crippen molar-refractivity contribution in [1.82, 2.24) is 9.88 Å². The number of nitrogens with one attached hydrogen (secondary N) is 1. The Bertz CT molecular complexity index is 1010. The largest absolute Gasteiger partial charge is 0.477 e. The van der Waals surface area contributed by atoms with Crippen molar-refractivity contribution in [3.63, 3.8) is 0 Å². The van der Waals surface area contributed by atoms with Gasteiger partial charge >= 0.3 is 11.9 Å². The number of amides is 3. The summed E-state index contributed by atoms with van der Waals surface area (Å²) in [6.45, 7) is 0. The smallest absolute Gasteiger partial charge is 0.354 e. The van der Waals surface area contributed by atoms with Crippen LogP contribution in [0.25, 0.3) is 0 Å². The van der Waals surface area contributed by atoms with Gasteiger partial charge in [-0.3, -0.25) is 24.6 Å². The summed E-state index contributed by atoms with van der Waals surface area (Å²) in [5.74, 6) is -4.58. The van der Waals surface area contributed by atoms with Gasteiger partial charge in [-0.05, 0) is 17.7 Å². The minimum Gasteiger partial charge on any atom is -0.477 e. The summed E-state index contributed by atoms with van der Waals surface area (Å²) in [6, 6.07) is 8.66. The Kier molecular flexibility index (Phi) is 5.54. The molecule has 2 heterocycles.